The molecule has 0 fully saturated rings. The van der Waals surface area contributed by atoms with E-state index in [9.17, 15) is 0 Å². The Kier molecular flexibility index (Phi) is 6.80. The van der Waals surface area contributed by atoms with Crippen molar-refractivity contribution in [3.63, 3.8) is 0 Å². The van der Waals surface area contributed by atoms with E-state index in [1.807, 2.05) is 11.3 Å². The number of anilines is 3. The summed E-state index contributed by atoms with van der Waals surface area (Å²) in [6, 6.07) is 67.1. The van der Waals surface area contributed by atoms with Crippen LogP contribution in [-0.4, -0.2) is 4.57 Å². The zero-order valence-corrected chi connectivity index (χ0v) is 30.9. The van der Waals surface area contributed by atoms with Crippen molar-refractivity contribution in [1.82, 2.24) is 4.57 Å². The van der Waals surface area contributed by atoms with Crippen molar-refractivity contribution in [3.05, 3.63) is 193 Å². The largest absolute Gasteiger partial charge is 0.310 e. The van der Waals surface area contributed by atoms with Crippen LogP contribution in [0.4, 0.5) is 17.1 Å². The van der Waals surface area contributed by atoms with Gasteiger partial charge in [0.05, 0.1) is 11.0 Å². The molecule has 1 aliphatic carbocycles. The minimum atomic E-state index is 0.00163. The highest BCUT2D eigenvalue weighted by atomic mass is 32.1. The fraction of sp³-hybridized carbons (Fsp3) is 0.0588. The van der Waals surface area contributed by atoms with Gasteiger partial charge >= 0.3 is 0 Å². The quantitative estimate of drug-likeness (QED) is 0.173. The molecule has 2 aromatic heterocycles. The maximum Gasteiger partial charge on any atom is 0.0561 e. The molecule has 11 rings (SSSR count). The minimum Gasteiger partial charge on any atom is -0.310 e. The van der Waals surface area contributed by atoms with Gasteiger partial charge in [-0.05, 0) is 112 Å². The van der Waals surface area contributed by atoms with Gasteiger partial charge in [-0.2, -0.15) is 0 Å². The Morgan fingerprint density at radius 2 is 1.04 bits per heavy atom. The predicted molar refractivity (Wildman–Crippen MR) is 231 cm³/mol. The fourth-order valence-electron chi connectivity index (χ4n) is 8.96. The van der Waals surface area contributed by atoms with E-state index in [0.29, 0.717) is 0 Å². The molecule has 2 nitrogen and oxygen atoms in total. The first-order valence-electron chi connectivity index (χ1n) is 18.7. The average molecular weight is 709 g/mol. The third-order valence-electron chi connectivity index (χ3n) is 11.6. The van der Waals surface area contributed by atoms with E-state index in [1.165, 1.54) is 75.4 Å². The molecule has 8 aromatic carbocycles. The molecule has 54 heavy (non-hydrogen) atoms. The molecule has 256 valence electrons. The topological polar surface area (TPSA) is 8.17 Å². The van der Waals surface area contributed by atoms with Crippen LogP contribution in [0.25, 0.3) is 69.9 Å². The molecule has 0 saturated heterocycles. The first-order valence-corrected chi connectivity index (χ1v) is 19.5. The van der Waals surface area contributed by atoms with Gasteiger partial charge in [0, 0.05) is 59.1 Å². The highest BCUT2D eigenvalue weighted by Crippen LogP contribution is 2.50. The van der Waals surface area contributed by atoms with Crippen LogP contribution < -0.4 is 4.90 Å². The standard InChI is InChI=1S/C51H36N2S/c1-51(2)45-19-11-9-17-39(45)42-29-33(21-26-46(42)51)34-22-27-49-43(30-34)44-31-37(24-28-50(44)54-49)52(35-13-5-3-6-14-35)38-23-25-41-40-18-10-12-20-47(40)53(48(41)32-38)36-15-7-4-8-16-36/h3-32H,1-2H3. The van der Waals surface area contributed by atoms with Crippen molar-refractivity contribution in [3.8, 4) is 27.9 Å². The van der Waals surface area contributed by atoms with Gasteiger partial charge in [-0.3, -0.25) is 0 Å². The molecule has 0 radical (unpaired) electrons. The minimum absolute atomic E-state index is 0.00163. The second kappa shape index (κ2) is 11.8. The Balaban J connectivity index is 1.07. The molecule has 2 heterocycles. The number of rotatable bonds is 5. The monoisotopic (exact) mass is 708 g/mol. The molecule has 0 saturated carbocycles. The SMILES string of the molecule is CC1(C)c2ccccc2-c2cc(-c3ccc4sc5ccc(N(c6ccccc6)c6ccc7c8ccccc8n(-c8ccccc8)c7c6)cc5c4c3)ccc21. The summed E-state index contributed by atoms with van der Waals surface area (Å²) >= 11 is 1.87. The van der Waals surface area contributed by atoms with Crippen molar-refractivity contribution in [2.75, 3.05) is 4.90 Å². The first-order chi connectivity index (χ1) is 26.5. The van der Waals surface area contributed by atoms with Gasteiger partial charge in [-0.1, -0.05) is 117 Å². The summed E-state index contributed by atoms with van der Waals surface area (Å²) in [5.74, 6) is 0. The number of para-hydroxylation sites is 3. The van der Waals surface area contributed by atoms with Crippen molar-refractivity contribution >= 4 is 70.4 Å². The molecule has 0 aliphatic heterocycles. The zero-order valence-electron chi connectivity index (χ0n) is 30.1. The summed E-state index contributed by atoms with van der Waals surface area (Å²) in [5.41, 5.74) is 15.0. The number of thiophene rings is 1. The molecule has 0 N–H and O–H groups in total. The average Bonchev–Trinajstić information content (AvgIpc) is 3.83. The summed E-state index contributed by atoms with van der Waals surface area (Å²) < 4.78 is 4.99. The molecular formula is C51H36N2S. The number of hydrogen-bond donors (Lipinski definition) is 0. The number of fused-ring (bicyclic) bond motifs is 9. The lowest BCUT2D eigenvalue weighted by molar-refractivity contribution is 0.660. The van der Waals surface area contributed by atoms with Gasteiger partial charge in [0.2, 0.25) is 0 Å². The first kappa shape index (κ1) is 31.1. The molecule has 0 spiro atoms. The summed E-state index contributed by atoms with van der Waals surface area (Å²) in [6.07, 6.45) is 0. The van der Waals surface area contributed by atoms with Crippen LogP contribution >= 0.6 is 11.3 Å². The number of aromatic nitrogens is 1. The second-order valence-corrected chi connectivity index (χ2v) is 16.1. The second-order valence-electron chi connectivity index (χ2n) is 15.0. The van der Waals surface area contributed by atoms with E-state index in [1.54, 1.807) is 0 Å². The van der Waals surface area contributed by atoms with Gasteiger partial charge in [0.25, 0.3) is 0 Å². The fourth-order valence-corrected chi connectivity index (χ4v) is 10.0. The van der Waals surface area contributed by atoms with Crippen LogP contribution in [0.5, 0.6) is 0 Å². The van der Waals surface area contributed by atoms with E-state index in [-0.39, 0.29) is 5.41 Å². The van der Waals surface area contributed by atoms with Gasteiger partial charge < -0.3 is 9.47 Å². The molecule has 0 bridgehead atoms. The van der Waals surface area contributed by atoms with Crippen molar-refractivity contribution in [1.29, 1.82) is 0 Å². The number of nitrogens with zero attached hydrogens (tertiary/aromatic N) is 2. The van der Waals surface area contributed by atoms with Gasteiger partial charge in [0.1, 0.15) is 0 Å². The normalized spacial score (nSPS) is 13.1. The summed E-state index contributed by atoms with van der Waals surface area (Å²) in [4.78, 5) is 2.40. The van der Waals surface area contributed by atoms with Crippen LogP contribution in [-0.2, 0) is 5.41 Å². The molecule has 0 amide bonds. The van der Waals surface area contributed by atoms with Crippen molar-refractivity contribution in [2.45, 2.75) is 19.3 Å². The van der Waals surface area contributed by atoms with Gasteiger partial charge in [0.15, 0.2) is 0 Å². The summed E-state index contributed by atoms with van der Waals surface area (Å²) in [7, 11) is 0. The highest BCUT2D eigenvalue weighted by Gasteiger charge is 2.35. The van der Waals surface area contributed by atoms with Crippen molar-refractivity contribution < 1.29 is 0 Å². The maximum absolute atomic E-state index is 2.41. The molecule has 0 unspecified atom stereocenters. The van der Waals surface area contributed by atoms with Gasteiger partial charge in [-0.25, -0.2) is 0 Å². The Bertz CT molecular complexity index is 3080. The van der Waals surface area contributed by atoms with E-state index in [4.69, 9.17) is 0 Å². The van der Waals surface area contributed by atoms with E-state index in [2.05, 4.69) is 205 Å². The maximum atomic E-state index is 2.41. The van der Waals surface area contributed by atoms with E-state index in [0.717, 1.165) is 22.7 Å². The number of benzene rings is 8. The van der Waals surface area contributed by atoms with Crippen LogP contribution in [0.2, 0.25) is 0 Å². The lowest BCUT2D eigenvalue weighted by atomic mass is 9.82. The molecule has 0 atom stereocenters. The third-order valence-corrected chi connectivity index (χ3v) is 12.7. The summed E-state index contributed by atoms with van der Waals surface area (Å²) in [6.45, 7) is 4.69. The third kappa shape index (κ3) is 4.65. The van der Waals surface area contributed by atoms with Gasteiger partial charge in [-0.15, -0.1) is 11.3 Å². The predicted octanol–water partition coefficient (Wildman–Crippen LogP) is 14.6. The molecule has 1 aliphatic rings. The lowest BCUT2D eigenvalue weighted by Crippen LogP contribution is -2.14. The van der Waals surface area contributed by atoms with E-state index >= 15 is 0 Å². The Hall–Kier alpha value is -6.42. The molecule has 3 heteroatoms. The zero-order chi connectivity index (χ0) is 36.0. The Morgan fingerprint density at radius 3 is 1.89 bits per heavy atom. The van der Waals surface area contributed by atoms with Crippen LogP contribution in [0, 0.1) is 0 Å². The van der Waals surface area contributed by atoms with Crippen LogP contribution in [0.15, 0.2) is 182 Å². The lowest BCUT2D eigenvalue weighted by Gasteiger charge is -2.26. The molecular weight excluding hydrogens is 673 g/mol. The number of hydrogen-bond acceptors (Lipinski definition) is 2. The van der Waals surface area contributed by atoms with Crippen molar-refractivity contribution in [2.24, 2.45) is 0 Å². The smallest absolute Gasteiger partial charge is 0.0561 e. The Morgan fingerprint density at radius 1 is 0.426 bits per heavy atom. The van der Waals surface area contributed by atoms with E-state index < -0.39 is 0 Å². The molecule has 10 aromatic rings. The van der Waals surface area contributed by atoms with Crippen LogP contribution in [0.1, 0.15) is 25.0 Å². The Labute approximate surface area is 318 Å². The highest BCUT2D eigenvalue weighted by molar-refractivity contribution is 7.25. The van der Waals surface area contributed by atoms with Crippen LogP contribution in [0.3, 0.4) is 0 Å². The summed E-state index contributed by atoms with van der Waals surface area (Å²) in [5, 5.41) is 5.08.